The maximum atomic E-state index is 12.4. The van der Waals surface area contributed by atoms with Crippen molar-refractivity contribution in [2.24, 2.45) is 0 Å². The average Bonchev–Trinajstić information content (AvgIpc) is 3.06. The molecule has 1 saturated heterocycles. The highest BCUT2D eigenvalue weighted by atomic mass is 16.2. The first kappa shape index (κ1) is 13.2. The number of nitrogens with zero attached hydrogens (tertiary/aromatic N) is 3. The molecule has 0 spiro atoms. The molecule has 1 aliphatic carbocycles. The lowest BCUT2D eigenvalue weighted by atomic mass is 9.94. The van der Waals surface area contributed by atoms with Gasteiger partial charge < -0.3 is 0 Å². The summed E-state index contributed by atoms with van der Waals surface area (Å²) in [4.78, 5) is 29.9. The molecule has 108 valence electrons. The van der Waals surface area contributed by atoms with Crippen LogP contribution in [0.3, 0.4) is 0 Å². The normalized spacial score (nSPS) is 24.6. The van der Waals surface area contributed by atoms with E-state index in [1.54, 1.807) is 0 Å². The van der Waals surface area contributed by atoms with E-state index in [2.05, 4.69) is 20.5 Å². The van der Waals surface area contributed by atoms with Crippen molar-refractivity contribution in [3.8, 4) is 0 Å². The second kappa shape index (κ2) is 5.70. The Morgan fingerprint density at radius 1 is 1.30 bits per heavy atom. The number of carbonyl (C=O) groups is 2. The molecule has 1 aromatic heterocycles. The average molecular weight is 277 g/mol. The van der Waals surface area contributed by atoms with Crippen LogP contribution in [-0.4, -0.2) is 44.0 Å². The molecule has 0 radical (unpaired) electrons. The number of aromatic amines is 1. The maximum Gasteiger partial charge on any atom is 0.247 e. The number of likely N-dealkylation sites (tertiary alicyclic amines) is 1. The summed E-state index contributed by atoms with van der Waals surface area (Å²) in [5.41, 5.74) is 0. The third-order valence-electron chi connectivity index (χ3n) is 4.10. The predicted molar refractivity (Wildman–Crippen MR) is 70.4 cm³/mol. The van der Waals surface area contributed by atoms with Gasteiger partial charge in [0, 0.05) is 6.04 Å². The Morgan fingerprint density at radius 3 is 2.80 bits per heavy atom. The van der Waals surface area contributed by atoms with E-state index >= 15 is 0 Å². The number of carbonyl (C=O) groups excluding carboxylic acids is 2. The zero-order valence-corrected chi connectivity index (χ0v) is 11.3. The van der Waals surface area contributed by atoms with Crippen LogP contribution in [0.25, 0.3) is 0 Å². The van der Waals surface area contributed by atoms with Gasteiger partial charge in [0.25, 0.3) is 0 Å². The highest BCUT2D eigenvalue weighted by molar-refractivity contribution is 6.05. The van der Waals surface area contributed by atoms with E-state index in [0.29, 0.717) is 12.4 Å². The van der Waals surface area contributed by atoms with Gasteiger partial charge in [-0.25, -0.2) is 4.98 Å². The van der Waals surface area contributed by atoms with E-state index in [1.165, 1.54) is 17.6 Å². The third-order valence-corrected chi connectivity index (χ3v) is 4.10. The van der Waals surface area contributed by atoms with Crippen LogP contribution < -0.4 is 5.32 Å². The summed E-state index contributed by atoms with van der Waals surface area (Å²) in [6.45, 7) is 0.419. The highest BCUT2D eigenvalue weighted by Gasteiger charge is 2.42. The molecule has 2 amide bonds. The Morgan fingerprint density at radius 2 is 2.10 bits per heavy atom. The van der Waals surface area contributed by atoms with Crippen LogP contribution in [0.2, 0.25) is 0 Å². The molecule has 20 heavy (non-hydrogen) atoms. The van der Waals surface area contributed by atoms with E-state index in [-0.39, 0.29) is 24.3 Å². The zero-order chi connectivity index (χ0) is 13.9. The molecule has 1 saturated carbocycles. The van der Waals surface area contributed by atoms with Gasteiger partial charge in [-0.1, -0.05) is 19.3 Å². The minimum Gasteiger partial charge on any atom is -0.298 e. The number of hydrogen-bond acceptors (Lipinski definition) is 5. The SMILES string of the molecule is O=C1CC(NCc2ncn[nH]2)C(=O)N1C1CCCCC1. The van der Waals surface area contributed by atoms with Crippen molar-refractivity contribution in [2.45, 2.75) is 57.2 Å². The lowest BCUT2D eigenvalue weighted by Gasteiger charge is -2.29. The van der Waals surface area contributed by atoms with Crippen LogP contribution in [0.4, 0.5) is 0 Å². The summed E-state index contributed by atoms with van der Waals surface area (Å²) in [6.07, 6.45) is 7.00. The van der Waals surface area contributed by atoms with Crippen LogP contribution in [0.1, 0.15) is 44.3 Å². The largest absolute Gasteiger partial charge is 0.298 e. The minimum absolute atomic E-state index is 0.0445. The second-order valence-electron chi connectivity index (χ2n) is 5.46. The van der Waals surface area contributed by atoms with Crippen molar-refractivity contribution >= 4 is 11.8 Å². The van der Waals surface area contributed by atoms with Gasteiger partial charge in [0.2, 0.25) is 11.8 Å². The predicted octanol–water partition coefficient (Wildman–Crippen LogP) is 0.354. The van der Waals surface area contributed by atoms with Crippen LogP contribution in [0.5, 0.6) is 0 Å². The summed E-state index contributed by atoms with van der Waals surface area (Å²) in [7, 11) is 0. The van der Waals surface area contributed by atoms with Gasteiger partial charge in [-0.2, -0.15) is 5.10 Å². The smallest absolute Gasteiger partial charge is 0.247 e. The number of aromatic nitrogens is 3. The van der Waals surface area contributed by atoms with Gasteiger partial charge in [0.05, 0.1) is 19.0 Å². The monoisotopic (exact) mass is 277 g/mol. The molecule has 0 aromatic carbocycles. The van der Waals surface area contributed by atoms with Crippen LogP contribution in [-0.2, 0) is 16.1 Å². The number of hydrogen-bond donors (Lipinski definition) is 2. The van der Waals surface area contributed by atoms with Crippen LogP contribution in [0.15, 0.2) is 6.33 Å². The van der Waals surface area contributed by atoms with Crippen molar-refractivity contribution in [1.29, 1.82) is 0 Å². The molecule has 2 fully saturated rings. The Kier molecular flexibility index (Phi) is 3.77. The van der Waals surface area contributed by atoms with Gasteiger partial charge in [-0.3, -0.25) is 24.9 Å². The summed E-state index contributed by atoms with van der Waals surface area (Å²) in [5.74, 6) is 0.541. The first-order valence-corrected chi connectivity index (χ1v) is 7.19. The van der Waals surface area contributed by atoms with Crippen LogP contribution >= 0.6 is 0 Å². The topological polar surface area (TPSA) is 91.0 Å². The van der Waals surface area contributed by atoms with E-state index in [9.17, 15) is 9.59 Å². The van der Waals surface area contributed by atoms with Gasteiger partial charge in [0.15, 0.2) is 0 Å². The molecule has 2 aliphatic rings. The molecular formula is C13H19N5O2. The van der Waals surface area contributed by atoms with E-state index in [1.807, 2.05) is 0 Å². The quantitative estimate of drug-likeness (QED) is 0.775. The number of amides is 2. The van der Waals surface area contributed by atoms with Gasteiger partial charge in [0.1, 0.15) is 12.2 Å². The fourth-order valence-electron chi connectivity index (χ4n) is 3.07. The number of imide groups is 1. The zero-order valence-electron chi connectivity index (χ0n) is 11.3. The number of nitrogens with one attached hydrogen (secondary N) is 2. The molecule has 1 aromatic rings. The molecule has 7 nitrogen and oxygen atoms in total. The highest BCUT2D eigenvalue weighted by Crippen LogP contribution is 2.27. The Bertz CT molecular complexity index is 481. The molecule has 2 heterocycles. The molecular weight excluding hydrogens is 258 g/mol. The molecule has 3 rings (SSSR count). The summed E-state index contributed by atoms with van der Waals surface area (Å²) in [6, 6.07) is -0.310. The van der Waals surface area contributed by atoms with Gasteiger partial charge in [-0.05, 0) is 12.8 Å². The molecule has 1 unspecified atom stereocenters. The lowest BCUT2D eigenvalue weighted by Crippen LogP contribution is -2.44. The Labute approximate surface area is 117 Å². The van der Waals surface area contributed by atoms with Crippen molar-refractivity contribution in [1.82, 2.24) is 25.4 Å². The Hall–Kier alpha value is -1.76. The number of rotatable bonds is 4. The Balaban J connectivity index is 1.60. The maximum absolute atomic E-state index is 12.4. The van der Waals surface area contributed by atoms with Crippen LogP contribution in [0, 0.1) is 0 Å². The van der Waals surface area contributed by atoms with E-state index in [0.717, 1.165) is 25.7 Å². The minimum atomic E-state index is -0.422. The van der Waals surface area contributed by atoms with Crippen molar-refractivity contribution in [3.63, 3.8) is 0 Å². The summed E-state index contributed by atoms with van der Waals surface area (Å²) in [5, 5.41) is 9.57. The molecule has 1 atom stereocenters. The fourth-order valence-corrected chi connectivity index (χ4v) is 3.07. The van der Waals surface area contributed by atoms with E-state index in [4.69, 9.17) is 0 Å². The summed E-state index contributed by atoms with van der Waals surface area (Å²) < 4.78 is 0. The van der Waals surface area contributed by atoms with Crippen molar-refractivity contribution in [2.75, 3.05) is 0 Å². The fraction of sp³-hybridized carbons (Fsp3) is 0.692. The number of H-pyrrole nitrogens is 1. The first-order valence-electron chi connectivity index (χ1n) is 7.19. The molecule has 0 bridgehead atoms. The van der Waals surface area contributed by atoms with Crippen molar-refractivity contribution < 1.29 is 9.59 Å². The third kappa shape index (κ3) is 2.58. The van der Waals surface area contributed by atoms with Gasteiger partial charge >= 0.3 is 0 Å². The standard InChI is InChI=1S/C13H19N5O2/c19-12-6-10(14-7-11-15-8-16-17-11)13(20)18(12)9-4-2-1-3-5-9/h8-10,14H,1-7H2,(H,15,16,17). The second-order valence-corrected chi connectivity index (χ2v) is 5.46. The first-order chi connectivity index (χ1) is 9.75. The summed E-state index contributed by atoms with van der Waals surface area (Å²) >= 11 is 0. The van der Waals surface area contributed by atoms with E-state index < -0.39 is 6.04 Å². The molecule has 1 aliphatic heterocycles. The lowest BCUT2D eigenvalue weighted by molar-refractivity contribution is -0.142. The molecule has 7 heteroatoms. The van der Waals surface area contributed by atoms with Crippen molar-refractivity contribution in [3.05, 3.63) is 12.2 Å². The van der Waals surface area contributed by atoms with Gasteiger partial charge in [-0.15, -0.1) is 0 Å². The molecule has 2 N–H and O–H groups in total.